The summed E-state index contributed by atoms with van der Waals surface area (Å²) in [5.41, 5.74) is 3.54. The van der Waals surface area contributed by atoms with E-state index in [1.807, 2.05) is 34.8 Å². The molecular formula is C18H20N6OS. The van der Waals surface area contributed by atoms with Crippen LogP contribution >= 0.6 is 11.7 Å². The topological polar surface area (TPSA) is 67.2 Å². The maximum Gasteiger partial charge on any atom is 0.254 e. The highest BCUT2D eigenvalue weighted by molar-refractivity contribution is 7.00. The summed E-state index contributed by atoms with van der Waals surface area (Å²) in [4.78, 5) is 17.1. The molecule has 2 aliphatic rings. The Labute approximate surface area is 155 Å². The highest BCUT2D eigenvalue weighted by Crippen LogP contribution is 2.40. The molecule has 1 aliphatic carbocycles. The number of aryl methyl sites for hydroxylation is 1. The summed E-state index contributed by atoms with van der Waals surface area (Å²) in [5.74, 6) is 1.89. The van der Waals surface area contributed by atoms with Gasteiger partial charge in [0.15, 0.2) is 0 Å². The Hall–Kier alpha value is -2.48. The van der Waals surface area contributed by atoms with E-state index in [2.05, 4.69) is 24.8 Å². The Balaban J connectivity index is 1.28. The number of rotatable bonds is 3. The van der Waals surface area contributed by atoms with Crippen molar-refractivity contribution in [3.8, 4) is 0 Å². The van der Waals surface area contributed by atoms with Crippen LogP contribution in [0.15, 0.2) is 24.3 Å². The summed E-state index contributed by atoms with van der Waals surface area (Å²) >= 11 is 1.18. The third kappa shape index (κ3) is 2.74. The Morgan fingerprint density at radius 3 is 2.62 bits per heavy atom. The number of hydrogen-bond acceptors (Lipinski definition) is 6. The lowest BCUT2D eigenvalue weighted by Gasteiger charge is -2.35. The smallest absolute Gasteiger partial charge is 0.254 e. The van der Waals surface area contributed by atoms with Crippen molar-refractivity contribution in [2.75, 3.05) is 31.1 Å². The van der Waals surface area contributed by atoms with Crippen LogP contribution in [0.5, 0.6) is 0 Å². The van der Waals surface area contributed by atoms with E-state index in [9.17, 15) is 4.79 Å². The Morgan fingerprint density at radius 2 is 1.85 bits per heavy atom. The number of hydrogen-bond donors (Lipinski definition) is 0. The van der Waals surface area contributed by atoms with Gasteiger partial charge >= 0.3 is 0 Å². The van der Waals surface area contributed by atoms with Crippen molar-refractivity contribution in [1.82, 2.24) is 23.4 Å². The van der Waals surface area contributed by atoms with Gasteiger partial charge in [0.05, 0.1) is 17.4 Å². The van der Waals surface area contributed by atoms with E-state index >= 15 is 0 Å². The first-order valence-electron chi connectivity index (χ1n) is 8.99. The van der Waals surface area contributed by atoms with E-state index in [0.717, 1.165) is 43.0 Å². The minimum atomic E-state index is 0.0724. The number of fused-ring (bicyclic) bond motifs is 1. The Bertz CT molecular complexity index is 967. The summed E-state index contributed by atoms with van der Waals surface area (Å²) in [5, 5.41) is 4.66. The highest BCUT2D eigenvalue weighted by atomic mass is 32.1. The average molecular weight is 368 g/mol. The van der Waals surface area contributed by atoms with Gasteiger partial charge in [-0.1, -0.05) is 0 Å². The van der Waals surface area contributed by atoms with Crippen LogP contribution < -0.4 is 4.90 Å². The lowest BCUT2D eigenvalue weighted by molar-refractivity contribution is 0.0746. The number of nitrogens with zero attached hydrogens (tertiary/aromatic N) is 6. The molecule has 8 heteroatoms. The van der Waals surface area contributed by atoms with Gasteiger partial charge in [0.2, 0.25) is 0 Å². The number of anilines is 1. The lowest BCUT2D eigenvalue weighted by atomic mass is 10.1. The summed E-state index contributed by atoms with van der Waals surface area (Å²) in [6, 6.07) is 7.79. The third-order valence-corrected chi connectivity index (χ3v) is 5.82. The molecule has 0 spiro atoms. The van der Waals surface area contributed by atoms with E-state index < -0.39 is 0 Å². The second kappa shape index (κ2) is 6.05. The fourth-order valence-corrected chi connectivity index (χ4v) is 4.11. The van der Waals surface area contributed by atoms with Gasteiger partial charge in [0, 0.05) is 50.8 Å². The van der Waals surface area contributed by atoms with Crippen molar-refractivity contribution < 1.29 is 4.79 Å². The second-order valence-corrected chi connectivity index (χ2v) is 7.60. The van der Waals surface area contributed by atoms with E-state index in [0.29, 0.717) is 11.5 Å². The zero-order valence-electron chi connectivity index (χ0n) is 14.6. The molecule has 0 radical (unpaired) electrons. The van der Waals surface area contributed by atoms with Crippen LogP contribution in [0, 0.1) is 0 Å². The number of carbonyl (C=O) groups excluding carboxylic acids is 1. The first-order valence-corrected chi connectivity index (χ1v) is 9.72. The molecule has 0 unspecified atom stereocenters. The molecule has 1 saturated heterocycles. The maximum absolute atomic E-state index is 12.8. The molecular weight excluding hydrogens is 348 g/mol. The molecule has 0 N–H and O–H groups in total. The van der Waals surface area contributed by atoms with Crippen molar-refractivity contribution in [1.29, 1.82) is 0 Å². The molecule has 1 aliphatic heterocycles. The summed E-state index contributed by atoms with van der Waals surface area (Å²) in [6.45, 7) is 3.10. The minimum absolute atomic E-state index is 0.0724. The van der Waals surface area contributed by atoms with Gasteiger partial charge in [-0.15, -0.1) is 0 Å². The van der Waals surface area contributed by atoms with Gasteiger partial charge in [-0.25, -0.2) is 0 Å². The van der Waals surface area contributed by atoms with Crippen LogP contribution in [-0.2, 0) is 7.05 Å². The lowest BCUT2D eigenvalue weighted by Crippen LogP contribution is -2.49. The molecule has 2 aromatic heterocycles. The van der Waals surface area contributed by atoms with Crippen LogP contribution in [-0.4, -0.2) is 55.5 Å². The molecule has 26 heavy (non-hydrogen) atoms. The highest BCUT2D eigenvalue weighted by Gasteiger charge is 2.29. The maximum atomic E-state index is 12.8. The fraction of sp³-hybridized carbons (Fsp3) is 0.444. The minimum Gasteiger partial charge on any atom is -0.353 e. The van der Waals surface area contributed by atoms with Gasteiger partial charge in [-0.05, 0) is 31.0 Å². The largest absolute Gasteiger partial charge is 0.353 e. The molecule has 134 valence electrons. The van der Waals surface area contributed by atoms with Crippen LogP contribution in [0.2, 0.25) is 0 Å². The number of aromatic nitrogens is 4. The normalized spacial score (nSPS) is 17.9. The second-order valence-electron chi connectivity index (χ2n) is 7.07. The molecule has 5 rings (SSSR count). The first kappa shape index (κ1) is 15.7. The molecule has 1 aromatic carbocycles. The molecule has 3 aromatic rings. The SMILES string of the molecule is Cn1nc(C2CC2)cc1N1CCN(C(=O)c2ccc3nsnc3c2)CC1. The molecule has 1 saturated carbocycles. The molecule has 0 bridgehead atoms. The Morgan fingerprint density at radius 1 is 1.08 bits per heavy atom. The van der Waals surface area contributed by atoms with Crippen LogP contribution in [0.4, 0.5) is 5.82 Å². The summed E-state index contributed by atoms with van der Waals surface area (Å²) in [7, 11) is 2.01. The number of benzene rings is 1. The van der Waals surface area contributed by atoms with Gasteiger partial charge in [0.25, 0.3) is 5.91 Å². The predicted molar refractivity (Wildman–Crippen MR) is 101 cm³/mol. The summed E-state index contributed by atoms with van der Waals surface area (Å²) in [6.07, 6.45) is 2.52. The van der Waals surface area contributed by atoms with Crippen molar-refractivity contribution in [3.05, 3.63) is 35.5 Å². The van der Waals surface area contributed by atoms with Crippen LogP contribution in [0.3, 0.4) is 0 Å². The zero-order chi connectivity index (χ0) is 17.7. The van der Waals surface area contributed by atoms with Crippen molar-refractivity contribution in [3.63, 3.8) is 0 Å². The predicted octanol–water partition coefficient (Wildman–Crippen LogP) is 2.26. The molecule has 7 nitrogen and oxygen atoms in total. The van der Waals surface area contributed by atoms with Crippen molar-refractivity contribution in [2.45, 2.75) is 18.8 Å². The molecule has 3 heterocycles. The quantitative estimate of drug-likeness (QED) is 0.709. The summed E-state index contributed by atoms with van der Waals surface area (Å²) < 4.78 is 10.4. The molecule has 0 atom stereocenters. The molecule has 2 fully saturated rings. The third-order valence-electron chi connectivity index (χ3n) is 5.26. The number of amides is 1. The first-order chi connectivity index (χ1) is 12.7. The van der Waals surface area contributed by atoms with Gasteiger partial charge in [-0.2, -0.15) is 13.8 Å². The average Bonchev–Trinajstić information content (AvgIpc) is 3.29. The van der Waals surface area contributed by atoms with Crippen LogP contribution in [0.25, 0.3) is 11.0 Å². The Kier molecular flexibility index (Phi) is 3.66. The fourth-order valence-electron chi connectivity index (χ4n) is 3.59. The van der Waals surface area contributed by atoms with E-state index in [1.165, 1.54) is 30.3 Å². The number of piperazine rings is 1. The van der Waals surface area contributed by atoms with Gasteiger partial charge < -0.3 is 9.80 Å². The van der Waals surface area contributed by atoms with Crippen molar-refractivity contribution >= 4 is 34.5 Å². The van der Waals surface area contributed by atoms with E-state index in [-0.39, 0.29) is 5.91 Å². The van der Waals surface area contributed by atoms with Crippen molar-refractivity contribution in [2.24, 2.45) is 7.05 Å². The van der Waals surface area contributed by atoms with E-state index in [1.54, 1.807) is 0 Å². The standard InChI is InChI=1S/C18H20N6OS/c1-22-17(11-15(19-22)12-2-3-12)23-6-8-24(9-7-23)18(25)13-4-5-14-16(10-13)21-26-20-14/h4-5,10-12H,2-3,6-9H2,1H3. The van der Waals surface area contributed by atoms with Gasteiger partial charge in [0.1, 0.15) is 16.9 Å². The van der Waals surface area contributed by atoms with E-state index in [4.69, 9.17) is 0 Å². The van der Waals surface area contributed by atoms with Gasteiger partial charge in [-0.3, -0.25) is 9.48 Å². The molecule has 1 amide bonds. The number of carbonyl (C=O) groups is 1. The zero-order valence-corrected chi connectivity index (χ0v) is 15.4. The van der Waals surface area contributed by atoms with Crippen LogP contribution in [0.1, 0.15) is 34.8 Å². The monoisotopic (exact) mass is 368 g/mol.